The van der Waals surface area contributed by atoms with Gasteiger partial charge in [0, 0.05) is 10.4 Å². The molecule has 0 saturated carbocycles. The molecule has 0 bridgehead atoms. The van der Waals surface area contributed by atoms with Crippen molar-refractivity contribution in [3.8, 4) is 0 Å². The molecule has 15 heavy (non-hydrogen) atoms. The molecule has 82 valence electrons. The van der Waals surface area contributed by atoms with Gasteiger partial charge in [0.1, 0.15) is 0 Å². The van der Waals surface area contributed by atoms with Crippen molar-refractivity contribution in [3.63, 3.8) is 0 Å². The topological polar surface area (TPSA) is 20.2 Å². The zero-order valence-electron chi connectivity index (χ0n) is 8.74. The zero-order valence-corrected chi connectivity index (χ0v) is 11.1. The van der Waals surface area contributed by atoms with Gasteiger partial charge in [0.25, 0.3) is 0 Å². The Morgan fingerprint density at radius 2 is 2.20 bits per heavy atom. The Morgan fingerprint density at radius 1 is 1.47 bits per heavy atom. The Morgan fingerprint density at radius 3 is 2.80 bits per heavy atom. The number of thioether (sulfide) groups is 1. The first-order valence-corrected chi connectivity index (χ1v) is 7.12. The van der Waals surface area contributed by atoms with Crippen LogP contribution < -0.4 is 0 Å². The Balaban J connectivity index is 2.31. The van der Waals surface area contributed by atoms with E-state index in [1.807, 2.05) is 43.0 Å². The van der Waals surface area contributed by atoms with Gasteiger partial charge in [-0.1, -0.05) is 34.1 Å². The molecule has 0 aromatic heterocycles. The summed E-state index contributed by atoms with van der Waals surface area (Å²) in [6.07, 6.45) is 1.11. The minimum Gasteiger partial charge on any atom is -0.385 e. The minimum absolute atomic E-state index is 0.376. The SMILES string of the molecule is CC(O)(c1ccccc1Br)C1CCSC1. The third-order valence-corrected chi connectivity index (χ3v) is 5.00. The lowest BCUT2D eigenvalue weighted by Crippen LogP contribution is -2.32. The van der Waals surface area contributed by atoms with Crippen molar-refractivity contribution in [2.24, 2.45) is 5.92 Å². The van der Waals surface area contributed by atoms with E-state index in [4.69, 9.17) is 0 Å². The van der Waals surface area contributed by atoms with Gasteiger partial charge in [0.15, 0.2) is 0 Å². The van der Waals surface area contributed by atoms with Crippen molar-refractivity contribution >= 4 is 27.7 Å². The number of rotatable bonds is 2. The van der Waals surface area contributed by atoms with Crippen LogP contribution in [0.4, 0.5) is 0 Å². The van der Waals surface area contributed by atoms with Crippen LogP contribution in [0.1, 0.15) is 18.9 Å². The van der Waals surface area contributed by atoms with Gasteiger partial charge in [-0.25, -0.2) is 0 Å². The monoisotopic (exact) mass is 286 g/mol. The van der Waals surface area contributed by atoms with Crippen molar-refractivity contribution in [1.82, 2.24) is 0 Å². The van der Waals surface area contributed by atoms with Gasteiger partial charge in [0.05, 0.1) is 5.60 Å². The first-order chi connectivity index (χ1) is 7.12. The molecule has 2 atom stereocenters. The standard InChI is InChI=1S/C12H15BrOS/c1-12(14,9-6-7-15-8-9)10-4-2-3-5-11(10)13/h2-5,9,14H,6-8H2,1H3. The normalized spacial score (nSPS) is 25.1. The van der Waals surface area contributed by atoms with E-state index >= 15 is 0 Å². The van der Waals surface area contributed by atoms with Crippen molar-refractivity contribution in [3.05, 3.63) is 34.3 Å². The molecule has 0 aliphatic carbocycles. The van der Waals surface area contributed by atoms with E-state index < -0.39 is 5.60 Å². The fraction of sp³-hybridized carbons (Fsp3) is 0.500. The maximum atomic E-state index is 10.6. The van der Waals surface area contributed by atoms with Gasteiger partial charge in [-0.3, -0.25) is 0 Å². The fourth-order valence-electron chi connectivity index (χ4n) is 2.07. The lowest BCUT2D eigenvalue weighted by Gasteiger charge is -2.31. The quantitative estimate of drug-likeness (QED) is 0.899. The summed E-state index contributed by atoms with van der Waals surface area (Å²) in [4.78, 5) is 0. The van der Waals surface area contributed by atoms with Gasteiger partial charge < -0.3 is 5.11 Å². The van der Waals surface area contributed by atoms with Crippen molar-refractivity contribution in [2.75, 3.05) is 11.5 Å². The minimum atomic E-state index is -0.705. The van der Waals surface area contributed by atoms with Crippen LogP contribution in [0.5, 0.6) is 0 Å². The predicted octanol–water partition coefficient (Wildman–Crippen LogP) is 3.41. The molecule has 1 fully saturated rings. The van der Waals surface area contributed by atoms with E-state index in [9.17, 15) is 5.11 Å². The molecule has 1 nitrogen and oxygen atoms in total. The van der Waals surface area contributed by atoms with Crippen LogP contribution in [0, 0.1) is 5.92 Å². The van der Waals surface area contributed by atoms with Crippen LogP contribution >= 0.6 is 27.7 Å². The van der Waals surface area contributed by atoms with Crippen molar-refractivity contribution in [2.45, 2.75) is 18.9 Å². The van der Waals surface area contributed by atoms with E-state index in [1.54, 1.807) is 0 Å². The van der Waals surface area contributed by atoms with Crippen LogP contribution in [0.3, 0.4) is 0 Å². The highest BCUT2D eigenvalue weighted by atomic mass is 79.9. The third kappa shape index (κ3) is 2.24. The van der Waals surface area contributed by atoms with Gasteiger partial charge in [-0.2, -0.15) is 11.8 Å². The Labute approximate surface area is 103 Å². The fourth-order valence-corrected chi connectivity index (χ4v) is 4.15. The summed E-state index contributed by atoms with van der Waals surface area (Å²) in [5, 5.41) is 10.6. The molecule has 3 heteroatoms. The molecule has 0 spiro atoms. The molecular formula is C12H15BrOS. The average Bonchev–Trinajstić information content (AvgIpc) is 2.71. The zero-order chi connectivity index (χ0) is 10.9. The van der Waals surface area contributed by atoms with E-state index in [0.29, 0.717) is 5.92 Å². The molecule has 1 saturated heterocycles. The van der Waals surface area contributed by atoms with Gasteiger partial charge in [-0.05, 0) is 36.5 Å². The molecule has 0 radical (unpaired) electrons. The van der Waals surface area contributed by atoms with E-state index in [1.165, 1.54) is 5.75 Å². The smallest absolute Gasteiger partial charge is 0.0915 e. The summed E-state index contributed by atoms with van der Waals surface area (Å²) in [6.45, 7) is 1.93. The first kappa shape index (κ1) is 11.5. The molecule has 1 aliphatic rings. The molecule has 1 N–H and O–H groups in total. The average molecular weight is 287 g/mol. The largest absolute Gasteiger partial charge is 0.385 e. The van der Waals surface area contributed by atoms with Crippen LogP contribution in [-0.2, 0) is 5.60 Å². The highest BCUT2D eigenvalue weighted by molar-refractivity contribution is 9.10. The maximum absolute atomic E-state index is 10.6. The lowest BCUT2D eigenvalue weighted by molar-refractivity contribution is 0.00407. The summed E-state index contributed by atoms with van der Waals surface area (Å²) >= 11 is 5.45. The number of halogens is 1. The Bertz CT molecular complexity index is 345. The predicted molar refractivity (Wildman–Crippen MR) is 69.1 cm³/mol. The highest BCUT2D eigenvalue weighted by Gasteiger charge is 2.36. The van der Waals surface area contributed by atoms with Gasteiger partial charge in [-0.15, -0.1) is 0 Å². The molecule has 2 rings (SSSR count). The van der Waals surface area contributed by atoms with E-state index in [0.717, 1.165) is 22.2 Å². The molecule has 1 aliphatic heterocycles. The third-order valence-electron chi connectivity index (χ3n) is 3.14. The first-order valence-electron chi connectivity index (χ1n) is 5.17. The van der Waals surface area contributed by atoms with Crippen molar-refractivity contribution < 1.29 is 5.11 Å². The second-order valence-corrected chi connectivity index (χ2v) is 6.19. The maximum Gasteiger partial charge on any atom is 0.0915 e. The molecular weight excluding hydrogens is 272 g/mol. The summed E-state index contributed by atoms with van der Waals surface area (Å²) in [6, 6.07) is 7.96. The molecule has 1 heterocycles. The van der Waals surface area contributed by atoms with Crippen LogP contribution in [-0.4, -0.2) is 16.6 Å². The number of hydrogen-bond donors (Lipinski definition) is 1. The Kier molecular flexibility index (Phi) is 3.43. The molecule has 1 aromatic carbocycles. The van der Waals surface area contributed by atoms with Crippen molar-refractivity contribution in [1.29, 1.82) is 0 Å². The van der Waals surface area contributed by atoms with Crippen LogP contribution in [0.15, 0.2) is 28.7 Å². The summed E-state index contributed by atoms with van der Waals surface area (Å²) < 4.78 is 1.01. The lowest BCUT2D eigenvalue weighted by atomic mass is 9.82. The van der Waals surface area contributed by atoms with E-state index in [2.05, 4.69) is 15.9 Å². The Hall–Kier alpha value is 0.01000. The second-order valence-electron chi connectivity index (χ2n) is 4.19. The summed E-state index contributed by atoms with van der Waals surface area (Å²) in [7, 11) is 0. The molecule has 2 unspecified atom stereocenters. The number of benzene rings is 1. The molecule has 0 amide bonds. The number of hydrogen-bond acceptors (Lipinski definition) is 2. The molecule has 1 aromatic rings. The number of aliphatic hydroxyl groups is 1. The second kappa shape index (κ2) is 4.48. The highest BCUT2D eigenvalue weighted by Crippen LogP contribution is 2.41. The van der Waals surface area contributed by atoms with E-state index in [-0.39, 0.29) is 0 Å². The van der Waals surface area contributed by atoms with Gasteiger partial charge >= 0.3 is 0 Å². The van der Waals surface area contributed by atoms with Crippen LogP contribution in [0.2, 0.25) is 0 Å². The van der Waals surface area contributed by atoms with Crippen LogP contribution in [0.25, 0.3) is 0 Å². The summed E-state index contributed by atoms with van der Waals surface area (Å²) in [5.74, 6) is 2.61. The van der Waals surface area contributed by atoms with Gasteiger partial charge in [0.2, 0.25) is 0 Å². The summed E-state index contributed by atoms with van der Waals surface area (Å²) in [5.41, 5.74) is 0.307.